The van der Waals surface area contributed by atoms with Crippen LogP contribution in [-0.2, 0) is 6.42 Å². The molecule has 0 saturated heterocycles. The maximum absolute atomic E-state index is 6.29. The van der Waals surface area contributed by atoms with Gasteiger partial charge < -0.3 is 13.9 Å². The van der Waals surface area contributed by atoms with Gasteiger partial charge >= 0.3 is 0 Å². The maximum atomic E-state index is 6.29. The zero-order valence-electron chi connectivity index (χ0n) is 15.6. The fourth-order valence-corrected chi connectivity index (χ4v) is 3.81. The van der Waals surface area contributed by atoms with Crippen LogP contribution in [0.4, 0.5) is 0 Å². The minimum Gasteiger partial charge on any atom is -0.493 e. The van der Waals surface area contributed by atoms with Crippen LogP contribution in [0.5, 0.6) is 11.5 Å². The predicted octanol–water partition coefficient (Wildman–Crippen LogP) is 5.38. The predicted molar refractivity (Wildman–Crippen MR) is 104 cm³/mol. The lowest BCUT2D eigenvalue weighted by atomic mass is 9.90. The molecule has 4 rings (SSSR count). The molecule has 2 aromatic heterocycles. The number of rotatable bonds is 7. The molecule has 1 saturated carbocycles. The lowest BCUT2D eigenvalue weighted by molar-refractivity contribution is 0.200. The molecule has 1 atom stereocenters. The quantitative estimate of drug-likeness (QED) is 0.565. The first-order valence-corrected chi connectivity index (χ1v) is 9.60. The Bertz CT molecular complexity index is 839. The summed E-state index contributed by atoms with van der Waals surface area (Å²) < 4.78 is 17.6. The first-order chi connectivity index (χ1) is 13.3. The molecule has 140 valence electrons. The van der Waals surface area contributed by atoms with E-state index in [9.17, 15) is 0 Å². The van der Waals surface area contributed by atoms with Crippen LogP contribution in [0.2, 0.25) is 0 Å². The second kappa shape index (κ2) is 8.30. The average Bonchev–Trinajstić information content (AvgIpc) is 3.41. The molecule has 3 aromatic rings. The van der Waals surface area contributed by atoms with E-state index in [1.165, 1.54) is 18.4 Å². The SMILES string of the molecule is COc1ccc(C(Cc2ccncc2)c2ccco2)cc1OC1CCCC1. The third-order valence-corrected chi connectivity index (χ3v) is 5.26. The zero-order chi connectivity index (χ0) is 18.5. The number of pyridine rings is 1. The standard InChI is InChI=1S/C23H25NO3/c1-25-22-9-8-18(16-23(22)27-19-5-2-3-6-19)20(21-7-4-14-26-21)15-17-10-12-24-13-11-17/h4,7-14,16,19-20H,2-3,5-6,15H2,1H3. The molecular weight excluding hydrogens is 338 g/mol. The van der Waals surface area contributed by atoms with Gasteiger partial charge in [0.15, 0.2) is 11.5 Å². The van der Waals surface area contributed by atoms with Crippen LogP contribution < -0.4 is 9.47 Å². The number of methoxy groups -OCH3 is 1. The van der Waals surface area contributed by atoms with Gasteiger partial charge in [0.2, 0.25) is 0 Å². The highest BCUT2D eigenvalue weighted by atomic mass is 16.5. The second-order valence-corrected chi connectivity index (χ2v) is 7.06. The summed E-state index contributed by atoms with van der Waals surface area (Å²) in [5.74, 6) is 2.67. The lowest BCUT2D eigenvalue weighted by Crippen LogP contribution is -2.12. The van der Waals surface area contributed by atoms with E-state index in [0.717, 1.165) is 42.1 Å². The van der Waals surface area contributed by atoms with E-state index in [4.69, 9.17) is 13.9 Å². The highest BCUT2D eigenvalue weighted by Gasteiger charge is 2.22. The van der Waals surface area contributed by atoms with Gasteiger partial charge in [-0.2, -0.15) is 0 Å². The number of hydrogen-bond donors (Lipinski definition) is 0. The summed E-state index contributed by atoms with van der Waals surface area (Å²) in [6.45, 7) is 0. The fraction of sp³-hybridized carbons (Fsp3) is 0.348. The van der Waals surface area contributed by atoms with Crippen molar-refractivity contribution in [3.63, 3.8) is 0 Å². The van der Waals surface area contributed by atoms with E-state index in [2.05, 4.69) is 29.2 Å². The molecule has 1 unspecified atom stereocenters. The van der Waals surface area contributed by atoms with Crippen molar-refractivity contribution in [3.05, 3.63) is 78.0 Å². The van der Waals surface area contributed by atoms with Crippen molar-refractivity contribution < 1.29 is 13.9 Å². The van der Waals surface area contributed by atoms with Crippen molar-refractivity contribution in [2.75, 3.05) is 7.11 Å². The molecular formula is C23H25NO3. The van der Waals surface area contributed by atoms with Gasteiger partial charge in [-0.3, -0.25) is 4.98 Å². The maximum Gasteiger partial charge on any atom is 0.161 e. The molecule has 1 aromatic carbocycles. The largest absolute Gasteiger partial charge is 0.493 e. The molecule has 0 amide bonds. The number of nitrogens with zero attached hydrogens (tertiary/aromatic N) is 1. The van der Waals surface area contributed by atoms with E-state index in [1.807, 2.05) is 30.6 Å². The third kappa shape index (κ3) is 4.16. The van der Waals surface area contributed by atoms with Crippen molar-refractivity contribution in [1.29, 1.82) is 0 Å². The van der Waals surface area contributed by atoms with Crippen LogP contribution in [0.3, 0.4) is 0 Å². The third-order valence-electron chi connectivity index (χ3n) is 5.26. The number of furan rings is 1. The summed E-state index contributed by atoms with van der Waals surface area (Å²) in [5.41, 5.74) is 2.39. The summed E-state index contributed by atoms with van der Waals surface area (Å²) in [4.78, 5) is 4.12. The van der Waals surface area contributed by atoms with Crippen molar-refractivity contribution in [1.82, 2.24) is 4.98 Å². The second-order valence-electron chi connectivity index (χ2n) is 7.06. The van der Waals surface area contributed by atoms with Crippen molar-refractivity contribution >= 4 is 0 Å². The molecule has 0 aliphatic heterocycles. The molecule has 1 aliphatic rings. The Hall–Kier alpha value is -2.75. The van der Waals surface area contributed by atoms with Gasteiger partial charge in [-0.25, -0.2) is 0 Å². The number of aromatic nitrogens is 1. The minimum atomic E-state index is 0.110. The molecule has 0 spiro atoms. The highest BCUT2D eigenvalue weighted by Crippen LogP contribution is 2.37. The van der Waals surface area contributed by atoms with Crippen LogP contribution in [-0.4, -0.2) is 18.2 Å². The molecule has 0 bridgehead atoms. The molecule has 4 nitrogen and oxygen atoms in total. The van der Waals surface area contributed by atoms with Crippen LogP contribution >= 0.6 is 0 Å². The van der Waals surface area contributed by atoms with Crippen molar-refractivity contribution in [3.8, 4) is 11.5 Å². The van der Waals surface area contributed by atoms with Gasteiger partial charge in [0.25, 0.3) is 0 Å². The molecule has 0 radical (unpaired) electrons. The van der Waals surface area contributed by atoms with Gasteiger partial charge in [0.1, 0.15) is 5.76 Å². The Morgan fingerprint density at radius 2 is 1.89 bits per heavy atom. The first kappa shape index (κ1) is 17.7. The Morgan fingerprint density at radius 1 is 1.07 bits per heavy atom. The average molecular weight is 363 g/mol. The van der Waals surface area contributed by atoms with Crippen LogP contribution in [0.15, 0.2) is 65.5 Å². The van der Waals surface area contributed by atoms with Crippen LogP contribution in [0.1, 0.15) is 48.5 Å². The van der Waals surface area contributed by atoms with Gasteiger partial charge in [-0.1, -0.05) is 6.07 Å². The monoisotopic (exact) mass is 363 g/mol. The van der Waals surface area contributed by atoms with Gasteiger partial charge in [-0.15, -0.1) is 0 Å². The Labute approximate surface area is 160 Å². The Balaban J connectivity index is 1.66. The van der Waals surface area contributed by atoms with Crippen LogP contribution in [0, 0.1) is 0 Å². The summed E-state index contributed by atoms with van der Waals surface area (Å²) in [6, 6.07) is 14.3. The smallest absolute Gasteiger partial charge is 0.161 e. The van der Waals surface area contributed by atoms with Crippen molar-refractivity contribution in [2.45, 2.75) is 44.1 Å². The molecule has 4 heteroatoms. The fourth-order valence-electron chi connectivity index (χ4n) is 3.81. The van der Waals surface area contributed by atoms with Gasteiger partial charge in [0, 0.05) is 18.3 Å². The van der Waals surface area contributed by atoms with E-state index in [0.29, 0.717) is 0 Å². The Kier molecular flexibility index (Phi) is 5.42. The number of benzene rings is 1. The van der Waals surface area contributed by atoms with Crippen LogP contribution in [0.25, 0.3) is 0 Å². The van der Waals surface area contributed by atoms with Gasteiger partial charge in [-0.05, 0) is 79.6 Å². The molecule has 2 heterocycles. The minimum absolute atomic E-state index is 0.110. The molecule has 0 N–H and O–H groups in total. The van der Waals surface area contributed by atoms with E-state index >= 15 is 0 Å². The van der Waals surface area contributed by atoms with Crippen molar-refractivity contribution in [2.24, 2.45) is 0 Å². The summed E-state index contributed by atoms with van der Waals surface area (Å²) in [6.07, 6.45) is 11.2. The van der Waals surface area contributed by atoms with E-state index < -0.39 is 0 Å². The zero-order valence-corrected chi connectivity index (χ0v) is 15.6. The summed E-state index contributed by atoms with van der Waals surface area (Å²) in [5, 5.41) is 0. The lowest BCUT2D eigenvalue weighted by Gasteiger charge is -2.20. The van der Waals surface area contributed by atoms with Gasteiger partial charge in [0.05, 0.1) is 19.5 Å². The summed E-state index contributed by atoms with van der Waals surface area (Å²) >= 11 is 0. The normalized spacial score (nSPS) is 15.6. The molecule has 1 fully saturated rings. The van der Waals surface area contributed by atoms with E-state index in [-0.39, 0.29) is 12.0 Å². The topological polar surface area (TPSA) is 44.5 Å². The molecule has 27 heavy (non-hydrogen) atoms. The number of hydrogen-bond acceptors (Lipinski definition) is 4. The first-order valence-electron chi connectivity index (χ1n) is 9.60. The molecule has 1 aliphatic carbocycles. The highest BCUT2D eigenvalue weighted by molar-refractivity contribution is 5.46. The summed E-state index contributed by atoms with van der Waals surface area (Å²) in [7, 11) is 1.69. The Morgan fingerprint density at radius 3 is 2.59 bits per heavy atom. The number of ether oxygens (including phenoxy) is 2. The van der Waals surface area contributed by atoms with E-state index in [1.54, 1.807) is 13.4 Å².